The van der Waals surface area contributed by atoms with Gasteiger partial charge in [-0.05, 0) is 48.5 Å². The first-order chi connectivity index (χ1) is 12.6. The van der Waals surface area contributed by atoms with Gasteiger partial charge in [0, 0.05) is 21.5 Å². The predicted molar refractivity (Wildman–Crippen MR) is 106 cm³/mol. The summed E-state index contributed by atoms with van der Waals surface area (Å²) in [6.45, 7) is 0.101. The van der Waals surface area contributed by atoms with Crippen LogP contribution in [0.1, 0.15) is 0 Å². The Bertz CT molecular complexity index is 1120. The molecule has 1 heterocycles. The van der Waals surface area contributed by atoms with E-state index in [0.717, 1.165) is 11.0 Å². The van der Waals surface area contributed by atoms with Crippen molar-refractivity contribution in [2.45, 2.75) is 6.54 Å². The van der Waals surface area contributed by atoms with Crippen molar-refractivity contribution < 1.29 is 4.79 Å². The highest BCUT2D eigenvalue weighted by Gasteiger charge is 2.12. The van der Waals surface area contributed by atoms with Crippen LogP contribution in [-0.2, 0) is 11.3 Å². The molecular formula is C21H15ClN2O2. The Morgan fingerprint density at radius 2 is 1.38 bits per heavy atom. The average Bonchev–Trinajstić information content (AvgIpc) is 2.67. The Morgan fingerprint density at radius 3 is 1.96 bits per heavy atom. The number of pyridine rings is 1. The van der Waals surface area contributed by atoms with Crippen LogP contribution in [0.5, 0.6) is 0 Å². The zero-order chi connectivity index (χ0) is 18.1. The molecule has 5 heteroatoms. The molecule has 0 radical (unpaired) electrons. The normalized spacial score (nSPS) is 11.0. The molecule has 4 nitrogen and oxygen atoms in total. The monoisotopic (exact) mass is 362 g/mol. The molecule has 26 heavy (non-hydrogen) atoms. The van der Waals surface area contributed by atoms with E-state index in [9.17, 15) is 9.59 Å². The molecule has 0 saturated carbocycles. The van der Waals surface area contributed by atoms with Gasteiger partial charge in [0.05, 0.1) is 11.0 Å². The van der Waals surface area contributed by atoms with Gasteiger partial charge in [-0.1, -0.05) is 35.9 Å². The van der Waals surface area contributed by atoms with Crippen LogP contribution < -0.4 is 10.7 Å². The number of fused-ring (bicyclic) bond motifs is 2. The maximum Gasteiger partial charge on any atom is 0.244 e. The van der Waals surface area contributed by atoms with Crippen LogP contribution in [0.4, 0.5) is 5.69 Å². The lowest BCUT2D eigenvalue weighted by Gasteiger charge is -2.15. The van der Waals surface area contributed by atoms with Gasteiger partial charge in [-0.2, -0.15) is 0 Å². The van der Waals surface area contributed by atoms with Crippen LogP contribution in [0.3, 0.4) is 0 Å². The number of anilines is 1. The van der Waals surface area contributed by atoms with Crippen LogP contribution in [0, 0.1) is 0 Å². The number of nitrogens with zero attached hydrogens (tertiary/aromatic N) is 1. The molecule has 0 bridgehead atoms. The second-order valence-corrected chi connectivity index (χ2v) is 6.44. The summed E-state index contributed by atoms with van der Waals surface area (Å²) in [4.78, 5) is 25.3. The van der Waals surface area contributed by atoms with Gasteiger partial charge in [-0.3, -0.25) is 9.59 Å². The second-order valence-electron chi connectivity index (χ2n) is 6.00. The molecule has 0 unspecified atom stereocenters. The lowest BCUT2D eigenvalue weighted by atomic mass is 10.1. The summed E-state index contributed by atoms with van der Waals surface area (Å²) >= 11 is 5.88. The Balaban J connectivity index is 1.79. The lowest BCUT2D eigenvalue weighted by Crippen LogP contribution is -2.21. The molecular weight excluding hydrogens is 348 g/mol. The highest BCUT2D eigenvalue weighted by atomic mass is 35.5. The van der Waals surface area contributed by atoms with E-state index in [1.807, 2.05) is 41.0 Å². The van der Waals surface area contributed by atoms with Crippen molar-refractivity contribution in [3.63, 3.8) is 0 Å². The van der Waals surface area contributed by atoms with Gasteiger partial charge in [0.1, 0.15) is 6.54 Å². The summed E-state index contributed by atoms with van der Waals surface area (Å²) in [5, 5.41) is 4.68. The quantitative estimate of drug-likeness (QED) is 0.547. The number of nitrogens with one attached hydrogen (secondary N) is 1. The first kappa shape index (κ1) is 16.4. The maximum absolute atomic E-state index is 12.7. The number of rotatable bonds is 3. The van der Waals surface area contributed by atoms with Crippen molar-refractivity contribution in [2.75, 3.05) is 5.32 Å². The van der Waals surface area contributed by atoms with E-state index in [0.29, 0.717) is 21.5 Å². The zero-order valence-corrected chi connectivity index (χ0v) is 14.5. The highest BCUT2D eigenvalue weighted by molar-refractivity contribution is 6.30. The number of hydrogen-bond acceptors (Lipinski definition) is 2. The molecule has 4 rings (SSSR count). The fourth-order valence-corrected chi connectivity index (χ4v) is 3.25. The maximum atomic E-state index is 12.7. The molecule has 1 N–H and O–H groups in total. The summed E-state index contributed by atoms with van der Waals surface area (Å²) in [6, 6.07) is 21.6. The Labute approximate surface area is 154 Å². The van der Waals surface area contributed by atoms with Gasteiger partial charge in [0.2, 0.25) is 5.91 Å². The first-order valence-electron chi connectivity index (χ1n) is 8.19. The highest BCUT2D eigenvalue weighted by Crippen LogP contribution is 2.19. The first-order valence-corrected chi connectivity index (χ1v) is 8.57. The molecule has 0 fully saturated rings. The number of hydrogen-bond donors (Lipinski definition) is 1. The minimum absolute atomic E-state index is 0.0226. The smallest absolute Gasteiger partial charge is 0.244 e. The van der Waals surface area contributed by atoms with E-state index in [-0.39, 0.29) is 17.9 Å². The van der Waals surface area contributed by atoms with Crippen molar-refractivity contribution in [1.29, 1.82) is 0 Å². The second kappa shape index (κ2) is 6.65. The molecule has 1 amide bonds. The van der Waals surface area contributed by atoms with E-state index < -0.39 is 0 Å². The number of carbonyl (C=O) groups is 1. The van der Waals surface area contributed by atoms with Crippen molar-refractivity contribution in [1.82, 2.24) is 4.57 Å². The van der Waals surface area contributed by atoms with Gasteiger partial charge in [0.15, 0.2) is 5.43 Å². The van der Waals surface area contributed by atoms with Crippen molar-refractivity contribution >= 4 is 45.0 Å². The standard InChI is InChI=1S/C21H15ClN2O2/c22-14-9-11-15(12-10-14)23-20(25)13-24-18-7-3-1-5-16(18)21(26)17-6-2-4-8-19(17)24/h1-12H,13H2,(H,23,25). The summed E-state index contributed by atoms with van der Waals surface area (Å²) in [7, 11) is 0. The van der Waals surface area contributed by atoms with Crippen molar-refractivity contribution in [3.8, 4) is 0 Å². The Kier molecular flexibility index (Phi) is 4.19. The minimum Gasteiger partial charge on any atom is -0.331 e. The summed E-state index contributed by atoms with van der Waals surface area (Å²) in [5.74, 6) is -0.175. The average molecular weight is 363 g/mol. The molecule has 1 aromatic heterocycles. The molecule has 0 saturated heterocycles. The SMILES string of the molecule is O=C(Cn1c2ccccc2c(=O)c2ccccc21)Nc1ccc(Cl)cc1. The summed E-state index contributed by atoms with van der Waals surface area (Å²) in [5.41, 5.74) is 2.13. The topological polar surface area (TPSA) is 51.1 Å². The molecule has 3 aromatic carbocycles. The van der Waals surface area contributed by atoms with Gasteiger partial charge in [-0.25, -0.2) is 0 Å². The van der Waals surface area contributed by atoms with Crippen LogP contribution in [0.2, 0.25) is 5.02 Å². The van der Waals surface area contributed by atoms with Crippen LogP contribution in [0.25, 0.3) is 21.8 Å². The Morgan fingerprint density at radius 1 is 0.846 bits per heavy atom. The van der Waals surface area contributed by atoms with Gasteiger partial charge >= 0.3 is 0 Å². The summed E-state index contributed by atoms with van der Waals surface area (Å²) in [6.07, 6.45) is 0. The largest absolute Gasteiger partial charge is 0.331 e. The van der Waals surface area contributed by atoms with E-state index >= 15 is 0 Å². The number of benzene rings is 3. The minimum atomic E-state index is -0.175. The molecule has 4 aromatic rings. The van der Waals surface area contributed by atoms with Crippen molar-refractivity contribution in [3.05, 3.63) is 88.0 Å². The third kappa shape index (κ3) is 2.95. The van der Waals surface area contributed by atoms with E-state index in [1.165, 1.54) is 0 Å². The predicted octanol–water partition coefficient (Wildman–Crippen LogP) is 4.45. The fourth-order valence-electron chi connectivity index (χ4n) is 3.12. The number of para-hydroxylation sites is 2. The number of halogens is 1. The van der Waals surface area contributed by atoms with Gasteiger partial charge in [-0.15, -0.1) is 0 Å². The number of carbonyl (C=O) groups excluding carboxylic acids is 1. The molecule has 0 aliphatic heterocycles. The van der Waals surface area contributed by atoms with Crippen LogP contribution >= 0.6 is 11.6 Å². The third-order valence-electron chi connectivity index (χ3n) is 4.31. The number of aromatic nitrogens is 1. The van der Waals surface area contributed by atoms with Gasteiger partial charge < -0.3 is 9.88 Å². The third-order valence-corrected chi connectivity index (χ3v) is 4.56. The lowest BCUT2D eigenvalue weighted by molar-refractivity contribution is -0.116. The van der Waals surface area contributed by atoms with Crippen LogP contribution in [0.15, 0.2) is 77.6 Å². The number of amides is 1. The molecule has 0 atom stereocenters. The molecule has 0 aliphatic carbocycles. The van der Waals surface area contributed by atoms with E-state index in [1.54, 1.807) is 36.4 Å². The molecule has 0 spiro atoms. The molecule has 128 valence electrons. The van der Waals surface area contributed by atoms with E-state index in [2.05, 4.69) is 5.32 Å². The van der Waals surface area contributed by atoms with Gasteiger partial charge in [0.25, 0.3) is 0 Å². The van der Waals surface area contributed by atoms with Crippen molar-refractivity contribution in [2.24, 2.45) is 0 Å². The fraction of sp³-hybridized carbons (Fsp3) is 0.0476. The van der Waals surface area contributed by atoms with E-state index in [4.69, 9.17) is 11.6 Å². The molecule has 0 aliphatic rings. The Hall–Kier alpha value is -3.11. The van der Waals surface area contributed by atoms with Crippen LogP contribution in [-0.4, -0.2) is 10.5 Å². The summed E-state index contributed by atoms with van der Waals surface area (Å²) < 4.78 is 1.87. The zero-order valence-electron chi connectivity index (χ0n) is 13.8.